The summed E-state index contributed by atoms with van der Waals surface area (Å²) in [5.41, 5.74) is 5.93. The Morgan fingerprint density at radius 1 is 0.611 bits per heavy atom. The number of carbonyl (C=O) groups is 2. The van der Waals surface area contributed by atoms with Crippen LogP contribution in [0.2, 0.25) is 0 Å². The number of carboxylic acid groups (broad SMARTS) is 2. The summed E-state index contributed by atoms with van der Waals surface area (Å²) in [6.45, 7) is 0. The van der Waals surface area contributed by atoms with Crippen molar-refractivity contribution in [2.24, 2.45) is 11.8 Å². The molecule has 8 heteroatoms. The molecule has 3 unspecified atom stereocenters. The molecule has 0 saturated heterocycles. The van der Waals surface area contributed by atoms with E-state index in [1.165, 1.54) is 0 Å². The molecule has 4 N–H and O–H groups in total. The van der Waals surface area contributed by atoms with Gasteiger partial charge in [-0.1, -0.05) is 48.5 Å². The molecule has 36 heavy (non-hydrogen) atoms. The highest BCUT2D eigenvalue weighted by molar-refractivity contribution is 5.74. The lowest BCUT2D eigenvalue weighted by Gasteiger charge is -2.31. The number of carboxylic acids is 2. The summed E-state index contributed by atoms with van der Waals surface area (Å²) in [4.78, 5) is 38.2. The highest BCUT2D eigenvalue weighted by Crippen LogP contribution is 2.43. The number of aromatic nitrogens is 4. The van der Waals surface area contributed by atoms with Crippen LogP contribution < -0.4 is 0 Å². The van der Waals surface area contributed by atoms with Gasteiger partial charge in [0.1, 0.15) is 11.6 Å². The maximum atomic E-state index is 11.3. The molecule has 4 atom stereocenters. The zero-order valence-corrected chi connectivity index (χ0v) is 19.5. The van der Waals surface area contributed by atoms with Crippen LogP contribution in [-0.4, -0.2) is 42.1 Å². The molecule has 0 amide bonds. The van der Waals surface area contributed by atoms with E-state index in [1.807, 2.05) is 24.3 Å². The summed E-state index contributed by atoms with van der Waals surface area (Å²) in [6, 6.07) is 16.4. The predicted molar refractivity (Wildman–Crippen MR) is 133 cm³/mol. The van der Waals surface area contributed by atoms with Gasteiger partial charge in [0, 0.05) is 11.8 Å². The van der Waals surface area contributed by atoms with Gasteiger partial charge in [-0.3, -0.25) is 9.59 Å². The van der Waals surface area contributed by atoms with Gasteiger partial charge in [0.15, 0.2) is 0 Å². The Morgan fingerprint density at radius 2 is 0.972 bits per heavy atom. The lowest BCUT2D eigenvalue weighted by atomic mass is 9.73. The number of rotatable bonds is 7. The highest BCUT2D eigenvalue weighted by atomic mass is 16.4. The van der Waals surface area contributed by atoms with Gasteiger partial charge in [-0.25, -0.2) is 9.97 Å². The van der Waals surface area contributed by atoms with Gasteiger partial charge in [0.25, 0.3) is 0 Å². The molecule has 2 fully saturated rings. The molecule has 2 aliphatic rings. The van der Waals surface area contributed by atoms with E-state index >= 15 is 0 Å². The van der Waals surface area contributed by atoms with E-state index < -0.39 is 11.9 Å². The van der Waals surface area contributed by atoms with E-state index in [2.05, 4.69) is 44.2 Å². The van der Waals surface area contributed by atoms with E-state index in [-0.39, 0.29) is 23.7 Å². The molecule has 6 rings (SSSR count). The van der Waals surface area contributed by atoms with E-state index in [9.17, 15) is 19.8 Å². The first kappa shape index (κ1) is 22.3. The Morgan fingerprint density at radius 3 is 1.28 bits per heavy atom. The molecule has 0 spiro atoms. The smallest absolute Gasteiger partial charge is 0.307 e. The maximum Gasteiger partial charge on any atom is 0.307 e. The zero-order chi connectivity index (χ0) is 24.8. The van der Waals surface area contributed by atoms with Crippen molar-refractivity contribution in [3.8, 4) is 33.6 Å². The van der Waals surface area contributed by atoms with Crippen LogP contribution in [0.15, 0.2) is 60.9 Å². The van der Waals surface area contributed by atoms with Gasteiger partial charge >= 0.3 is 11.9 Å². The molecular formula is C28H26N4O4. The van der Waals surface area contributed by atoms with Crippen molar-refractivity contribution in [1.29, 1.82) is 0 Å². The quantitative estimate of drug-likeness (QED) is 0.283. The average molecular weight is 483 g/mol. The van der Waals surface area contributed by atoms with Crippen LogP contribution in [0.4, 0.5) is 0 Å². The standard InChI is InChI=1S/C28H26N4O4/c33-27(34)21-11-9-19(21)25-29-13-23(31-25)17-5-1-15(2-6-17)16-3-7-18(8-4-16)24-14-30-26(32-24)20-10-12-22(20)28(35)36/h1-8,13-14,19-22H,9-12H2,(H,29,31)(H,30,32)(H,33,34)(H,35,36)/t19?,20?,21-,22?/m1/s1. The Bertz CT molecular complexity index is 1310. The van der Waals surface area contributed by atoms with Crippen LogP contribution in [0, 0.1) is 11.8 Å². The molecule has 2 aliphatic carbocycles. The first-order valence-electron chi connectivity index (χ1n) is 12.2. The van der Waals surface area contributed by atoms with Gasteiger partial charge in [-0.05, 0) is 47.9 Å². The largest absolute Gasteiger partial charge is 0.481 e. The summed E-state index contributed by atoms with van der Waals surface area (Å²) in [7, 11) is 0. The van der Waals surface area contributed by atoms with E-state index in [4.69, 9.17) is 0 Å². The number of nitrogens with one attached hydrogen (secondary N) is 2. The summed E-state index contributed by atoms with van der Waals surface area (Å²) < 4.78 is 0. The van der Waals surface area contributed by atoms with Gasteiger partial charge in [0.05, 0.1) is 35.6 Å². The highest BCUT2D eigenvalue weighted by Gasteiger charge is 2.40. The molecule has 4 aromatic rings. The van der Waals surface area contributed by atoms with Crippen molar-refractivity contribution >= 4 is 11.9 Å². The number of hydrogen-bond donors (Lipinski definition) is 4. The zero-order valence-electron chi connectivity index (χ0n) is 19.5. The van der Waals surface area contributed by atoms with Crippen LogP contribution in [-0.2, 0) is 9.59 Å². The number of nitrogens with zero attached hydrogens (tertiary/aromatic N) is 2. The Hall–Kier alpha value is -4.20. The number of imidazole rings is 2. The van der Waals surface area contributed by atoms with Crippen molar-refractivity contribution in [3.63, 3.8) is 0 Å². The molecule has 0 radical (unpaired) electrons. The van der Waals surface area contributed by atoms with Crippen LogP contribution in [0.3, 0.4) is 0 Å². The van der Waals surface area contributed by atoms with Gasteiger partial charge < -0.3 is 20.2 Å². The maximum absolute atomic E-state index is 11.3. The van der Waals surface area contributed by atoms with Crippen molar-refractivity contribution in [2.75, 3.05) is 0 Å². The lowest BCUT2D eigenvalue weighted by molar-refractivity contribution is -0.146. The molecule has 8 nitrogen and oxygen atoms in total. The Balaban J connectivity index is 1.15. The third kappa shape index (κ3) is 3.88. The molecule has 0 bridgehead atoms. The van der Waals surface area contributed by atoms with Crippen LogP contribution in [0.1, 0.15) is 49.2 Å². The minimum Gasteiger partial charge on any atom is -0.481 e. The molecule has 0 aliphatic heterocycles. The first-order chi connectivity index (χ1) is 17.5. The van der Waals surface area contributed by atoms with Gasteiger partial charge in [-0.2, -0.15) is 0 Å². The molecular weight excluding hydrogens is 456 g/mol. The number of H-pyrrole nitrogens is 2. The molecule has 182 valence electrons. The second kappa shape index (κ2) is 8.78. The third-order valence-electron chi connectivity index (χ3n) is 7.80. The van der Waals surface area contributed by atoms with Gasteiger partial charge in [0.2, 0.25) is 0 Å². The SMILES string of the molecule is O=C(O)C1CCC1c1ncc(-c2ccc(-c3ccc(-c4cnc(C5CC[C@H]5C(=O)O)[nH]4)cc3)cc2)[nH]1. The average Bonchev–Trinajstić information content (AvgIpc) is 3.48. The third-order valence-corrected chi connectivity index (χ3v) is 7.80. The molecule has 2 saturated carbocycles. The van der Waals surface area contributed by atoms with Gasteiger partial charge in [-0.15, -0.1) is 0 Å². The summed E-state index contributed by atoms with van der Waals surface area (Å²) in [6.07, 6.45) is 6.66. The lowest BCUT2D eigenvalue weighted by Crippen LogP contribution is -2.31. The molecule has 2 aromatic heterocycles. The monoisotopic (exact) mass is 482 g/mol. The number of hydrogen-bond acceptors (Lipinski definition) is 4. The minimum absolute atomic E-state index is 0.0349. The Kier molecular flexibility index (Phi) is 5.44. The first-order valence-corrected chi connectivity index (χ1v) is 12.2. The van der Waals surface area contributed by atoms with Crippen molar-refractivity contribution < 1.29 is 19.8 Å². The predicted octanol–water partition coefficient (Wildman–Crippen LogP) is 5.29. The van der Waals surface area contributed by atoms with E-state index in [0.29, 0.717) is 12.8 Å². The Labute approximate surface area is 207 Å². The normalized spacial score (nSPS) is 23.0. The fourth-order valence-electron chi connectivity index (χ4n) is 5.27. The summed E-state index contributed by atoms with van der Waals surface area (Å²) >= 11 is 0. The fourth-order valence-corrected chi connectivity index (χ4v) is 5.27. The minimum atomic E-state index is -0.752. The van der Waals surface area contributed by atoms with E-state index in [1.54, 1.807) is 12.4 Å². The van der Waals surface area contributed by atoms with Crippen LogP contribution in [0.25, 0.3) is 33.6 Å². The summed E-state index contributed by atoms with van der Waals surface area (Å²) in [5, 5.41) is 18.6. The summed E-state index contributed by atoms with van der Waals surface area (Å²) in [5.74, 6) is -0.762. The topological polar surface area (TPSA) is 132 Å². The molecule has 2 aromatic carbocycles. The molecule has 2 heterocycles. The number of aliphatic carboxylic acids is 2. The van der Waals surface area contributed by atoms with Crippen LogP contribution >= 0.6 is 0 Å². The van der Waals surface area contributed by atoms with Crippen molar-refractivity contribution in [1.82, 2.24) is 19.9 Å². The van der Waals surface area contributed by atoms with Crippen LogP contribution in [0.5, 0.6) is 0 Å². The van der Waals surface area contributed by atoms with Crippen molar-refractivity contribution in [2.45, 2.75) is 37.5 Å². The van der Waals surface area contributed by atoms with E-state index in [0.717, 1.165) is 58.1 Å². The second-order valence-corrected chi connectivity index (χ2v) is 9.78. The fraction of sp³-hybridized carbons (Fsp3) is 0.286. The number of benzene rings is 2. The second-order valence-electron chi connectivity index (χ2n) is 9.78. The number of aromatic amines is 2. The van der Waals surface area contributed by atoms with Crippen molar-refractivity contribution in [3.05, 3.63) is 72.6 Å².